The van der Waals surface area contributed by atoms with Gasteiger partial charge >= 0.3 is 0 Å². The van der Waals surface area contributed by atoms with Crippen molar-refractivity contribution in [3.8, 4) is 57.1 Å². The summed E-state index contributed by atoms with van der Waals surface area (Å²) in [7, 11) is 0. The van der Waals surface area contributed by atoms with Gasteiger partial charge in [-0.2, -0.15) is 0 Å². The zero-order chi connectivity index (χ0) is 44.0. The molecule has 2 aliphatic carbocycles. The molecule has 0 saturated heterocycles. The number of aromatic hydroxyl groups is 6. The first-order valence-electron chi connectivity index (χ1n) is 21.7. The number of phenols is 6. The lowest BCUT2D eigenvalue weighted by Gasteiger charge is -2.23. The first kappa shape index (κ1) is 42.3. The zero-order valence-electron chi connectivity index (χ0n) is 36.4. The van der Waals surface area contributed by atoms with E-state index in [1.165, 1.54) is 34.7 Å². The Bertz CT molecular complexity index is 2610. The number of nitrogens with zero attached hydrogens (tertiary/aromatic N) is 2. The Kier molecular flexibility index (Phi) is 11.7. The Morgan fingerprint density at radius 2 is 0.903 bits per heavy atom. The van der Waals surface area contributed by atoms with Gasteiger partial charge in [-0.15, -0.1) is 0 Å². The van der Waals surface area contributed by atoms with E-state index < -0.39 is 11.5 Å². The van der Waals surface area contributed by atoms with Crippen LogP contribution in [-0.4, -0.2) is 69.4 Å². The van der Waals surface area contributed by atoms with Gasteiger partial charge in [-0.25, -0.2) is 0 Å². The Labute approximate surface area is 362 Å². The number of fused-ring (bicyclic) bond motifs is 4. The van der Waals surface area contributed by atoms with Crippen LogP contribution in [0.3, 0.4) is 0 Å². The summed E-state index contributed by atoms with van der Waals surface area (Å²) in [4.78, 5) is 9.14. The van der Waals surface area contributed by atoms with Gasteiger partial charge in [0.2, 0.25) is 0 Å². The lowest BCUT2D eigenvalue weighted by Crippen LogP contribution is -2.03. The van der Waals surface area contributed by atoms with Crippen molar-refractivity contribution in [3.05, 3.63) is 104 Å². The summed E-state index contributed by atoms with van der Waals surface area (Å²) in [5.74, 6) is -0.806. The van der Waals surface area contributed by atoms with Crippen LogP contribution in [0.5, 0.6) is 46.0 Å². The summed E-state index contributed by atoms with van der Waals surface area (Å²) >= 11 is 0. The Morgan fingerprint density at radius 3 is 1.29 bits per heavy atom. The van der Waals surface area contributed by atoms with E-state index in [4.69, 9.17) is 9.47 Å². The maximum Gasteiger partial charge on any atom is 0.167 e. The molecular weight excluding hydrogens is 781 g/mol. The molecule has 0 heterocycles. The highest BCUT2D eigenvalue weighted by atomic mass is 16.5. The van der Waals surface area contributed by atoms with Gasteiger partial charge in [0.15, 0.2) is 23.0 Å². The van der Waals surface area contributed by atoms with Crippen molar-refractivity contribution < 1.29 is 40.1 Å². The van der Waals surface area contributed by atoms with E-state index in [0.29, 0.717) is 44.2 Å². The molecular formula is C52H56N2O8. The van der Waals surface area contributed by atoms with Crippen LogP contribution in [0.2, 0.25) is 0 Å². The number of rotatable bonds is 13. The fraction of sp³-hybridized carbons (Fsp3) is 0.346. The van der Waals surface area contributed by atoms with E-state index in [1.54, 1.807) is 0 Å². The van der Waals surface area contributed by atoms with Gasteiger partial charge < -0.3 is 40.1 Å². The van der Waals surface area contributed by atoms with E-state index in [0.717, 1.165) is 50.0 Å². The fourth-order valence-corrected chi connectivity index (χ4v) is 9.64. The Hall–Kier alpha value is -6.42. The van der Waals surface area contributed by atoms with Crippen LogP contribution in [0.1, 0.15) is 108 Å². The average molecular weight is 837 g/mol. The van der Waals surface area contributed by atoms with E-state index >= 15 is 0 Å². The quantitative estimate of drug-likeness (QED) is 0.0380. The Morgan fingerprint density at radius 1 is 0.516 bits per heavy atom. The molecule has 0 amide bonds. The summed E-state index contributed by atoms with van der Waals surface area (Å²) in [6.07, 6.45) is 9.44. The summed E-state index contributed by atoms with van der Waals surface area (Å²) in [6.45, 7) is 12.3. The molecule has 6 aromatic rings. The van der Waals surface area contributed by atoms with Gasteiger partial charge in [-0.1, -0.05) is 52.0 Å². The summed E-state index contributed by atoms with van der Waals surface area (Å²) in [6, 6.07) is 16.0. The smallest absolute Gasteiger partial charge is 0.167 e. The highest BCUT2D eigenvalue weighted by Crippen LogP contribution is 2.54. The third kappa shape index (κ3) is 7.60. The van der Waals surface area contributed by atoms with Crippen molar-refractivity contribution in [1.29, 1.82) is 0 Å². The lowest BCUT2D eigenvalue weighted by atomic mass is 9.83. The monoisotopic (exact) mass is 836 g/mol. The highest BCUT2D eigenvalue weighted by molar-refractivity contribution is 6.15. The van der Waals surface area contributed by atoms with Crippen LogP contribution in [0.15, 0.2) is 58.5 Å². The van der Waals surface area contributed by atoms with E-state index in [2.05, 4.69) is 34.3 Å². The number of hydrogen-bond donors (Lipinski definition) is 6. The largest absolute Gasteiger partial charge is 0.507 e. The predicted molar refractivity (Wildman–Crippen MR) is 247 cm³/mol. The average Bonchev–Trinajstić information content (AvgIpc) is 3.91. The van der Waals surface area contributed by atoms with Crippen molar-refractivity contribution in [2.75, 3.05) is 26.3 Å². The van der Waals surface area contributed by atoms with E-state index in [-0.39, 0.29) is 83.0 Å². The summed E-state index contributed by atoms with van der Waals surface area (Å²) < 4.78 is 12.0. The first-order chi connectivity index (χ1) is 29.8. The third-order valence-electron chi connectivity index (χ3n) is 12.5. The molecule has 322 valence electrons. The van der Waals surface area contributed by atoms with Crippen LogP contribution >= 0.6 is 0 Å². The molecule has 0 saturated carbocycles. The maximum atomic E-state index is 12.5. The molecule has 6 N–H and O–H groups in total. The number of hydrogen-bond acceptors (Lipinski definition) is 10. The SMILES string of the molecule is Cc1cc2c(C(C)C)c(O)c(O)c(C=NCCOc3ccc4c(c3)CCC4)c2c(O)c1-c1c(C)cc2c(C(C)C)c(O)c(O)c(C=NCCOc3ccc4c(c3)CCC4)c2c1O. The summed E-state index contributed by atoms with van der Waals surface area (Å²) in [5.41, 5.74) is 8.28. The van der Waals surface area contributed by atoms with Crippen LogP contribution in [0.25, 0.3) is 32.7 Å². The number of phenolic OH excluding ortho intramolecular Hbond substituents is 6. The van der Waals surface area contributed by atoms with Crippen molar-refractivity contribution in [2.45, 2.75) is 91.9 Å². The number of aliphatic imine (C=N–C) groups is 2. The molecule has 10 nitrogen and oxygen atoms in total. The molecule has 8 rings (SSSR count). The summed E-state index contributed by atoms with van der Waals surface area (Å²) in [5, 5.41) is 72.4. The second kappa shape index (κ2) is 17.2. The molecule has 2 aliphatic rings. The minimum atomic E-state index is -0.422. The standard InChI is InChI=1S/C52H56N2O8/c1-27(2)41-37-21-29(5)43(49(57)45(37)39(47(55)51(41)59)25-53-17-19-61-35-15-13-31-9-7-11-33(31)23-35)44-30(6)22-38-42(28(3)4)52(60)48(56)40(46(38)50(44)58)26-54-18-20-62-36-16-14-32-10-8-12-34(32)24-36/h13-16,21-28,55-60H,7-12,17-20H2,1-6H3. The molecule has 10 heteroatoms. The van der Waals surface area contributed by atoms with Crippen LogP contribution in [-0.2, 0) is 25.7 Å². The molecule has 0 aliphatic heterocycles. The number of benzene rings is 6. The minimum absolute atomic E-state index is 0.121. The second-order valence-corrected chi connectivity index (χ2v) is 17.4. The highest BCUT2D eigenvalue weighted by Gasteiger charge is 2.29. The third-order valence-corrected chi connectivity index (χ3v) is 12.5. The Balaban J connectivity index is 1.20. The second-order valence-electron chi connectivity index (χ2n) is 17.4. The van der Waals surface area contributed by atoms with Gasteiger partial charge in [0.1, 0.15) is 36.2 Å². The van der Waals surface area contributed by atoms with Crippen molar-refractivity contribution in [1.82, 2.24) is 0 Å². The van der Waals surface area contributed by atoms with Crippen molar-refractivity contribution >= 4 is 34.0 Å². The first-order valence-corrected chi connectivity index (χ1v) is 21.7. The van der Waals surface area contributed by atoms with E-state index in [1.807, 2.05) is 65.8 Å². The topological polar surface area (TPSA) is 165 Å². The molecule has 0 atom stereocenters. The molecule has 0 spiro atoms. The molecule has 0 fully saturated rings. The normalized spacial score (nSPS) is 13.7. The van der Waals surface area contributed by atoms with Crippen molar-refractivity contribution in [2.24, 2.45) is 9.98 Å². The predicted octanol–water partition coefficient (Wildman–Crippen LogP) is 10.7. The van der Waals surface area contributed by atoms with Crippen LogP contribution in [0, 0.1) is 13.8 Å². The zero-order valence-corrected chi connectivity index (χ0v) is 36.4. The molecule has 62 heavy (non-hydrogen) atoms. The lowest BCUT2D eigenvalue weighted by molar-refractivity contribution is 0.328. The van der Waals surface area contributed by atoms with Crippen LogP contribution < -0.4 is 9.47 Å². The van der Waals surface area contributed by atoms with Crippen LogP contribution in [0.4, 0.5) is 0 Å². The molecule has 0 radical (unpaired) electrons. The number of ether oxygens (including phenoxy) is 2. The fourth-order valence-electron chi connectivity index (χ4n) is 9.64. The van der Waals surface area contributed by atoms with Gasteiger partial charge in [-0.3, -0.25) is 9.98 Å². The van der Waals surface area contributed by atoms with Gasteiger partial charge in [-0.05, 0) is 133 Å². The van der Waals surface area contributed by atoms with Gasteiger partial charge in [0.25, 0.3) is 0 Å². The maximum absolute atomic E-state index is 12.5. The number of aryl methyl sites for hydroxylation is 6. The molecule has 0 aromatic heterocycles. The van der Waals surface area contributed by atoms with Crippen molar-refractivity contribution in [3.63, 3.8) is 0 Å². The molecule has 0 unspecified atom stereocenters. The van der Waals surface area contributed by atoms with Gasteiger partial charge in [0, 0.05) is 56.6 Å². The van der Waals surface area contributed by atoms with Gasteiger partial charge in [0.05, 0.1) is 13.1 Å². The molecule has 6 aromatic carbocycles. The molecule has 0 bridgehead atoms. The minimum Gasteiger partial charge on any atom is -0.507 e. The van der Waals surface area contributed by atoms with E-state index in [9.17, 15) is 30.6 Å².